The summed E-state index contributed by atoms with van der Waals surface area (Å²) >= 11 is 0. The van der Waals surface area contributed by atoms with Gasteiger partial charge in [-0.25, -0.2) is 0 Å². The Hall–Kier alpha value is 5.78. The predicted molar refractivity (Wildman–Crippen MR) is 7.98 cm³/mol. The monoisotopic (exact) mass is 551 g/mol. The second-order valence-corrected chi connectivity index (χ2v) is 0. The maximum absolute atomic E-state index is 0. The summed E-state index contributed by atoms with van der Waals surface area (Å²) in [6, 6.07) is 0. The molecule has 35 valence electrons. The zero-order chi connectivity index (χ0) is 0. The summed E-state index contributed by atoms with van der Waals surface area (Å²) < 4.78 is 0. The van der Waals surface area contributed by atoms with Gasteiger partial charge in [0.25, 0.3) is 0 Å². The first-order valence-corrected chi connectivity index (χ1v) is 0. The van der Waals surface area contributed by atoms with E-state index in [0.717, 1.165) is 0 Å². The normalized spacial score (nSPS) is 0. The molecule has 5 heteroatoms. The molecule has 0 N–H and O–H groups in total. The third-order valence-corrected chi connectivity index (χ3v) is 0. The Morgan fingerprint density at radius 2 is 1.20 bits per heavy atom. The maximum atomic E-state index is 0. The van der Waals surface area contributed by atoms with Gasteiger partial charge in [0.05, 0.1) is 0 Å². The second-order valence-electron chi connectivity index (χ2n) is 0. The SMILES string of the molecule is [H-].[H-].[Ho].[Mg+2].[Pr].[Sc].[Yb]. The topological polar surface area (TPSA) is 0 Å². The van der Waals surface area contributed by atoms with Gasteiger partial charge < -0.3 is 2.85 Å². The van der Waals surface area contributed by atoms with E-state index in [9.17, 15) is 0 Å². The van der Waals surface area contributed by atoms with Gasteiger partial charge in [-0.15, -0.1) is 0 Å². The molecule has 0 aliphatic rings. The molecule has 3 radical (unpaired) electrons. The van der Waals surface area contributed by atoms with Gasteiger partial charge in [-0.2, -0.15) is 0 Å². The van der Waals surface area contributed by atoms with E-state index in [4.69, 9.17) is 0 Å². The van der Waals surface area contributed by atoms with Crippen molar-refractivity contribution >= 4 is 23.1 Å². The van der Waals surface area contributed by atoms with E-state index in [2.05, 4.69) is 0 Å². The quantitative estimate of drug-likeness (QED) is 0.369. The molecule has 0 aromatic carbocycles. The molecule has 0 saturated carbocycles. The fourth-order valence-corrected chi connectivity index (χ4v) is 0. The predicted octanol–water partition coefficient (Wildman–Crippen LogP) is -0.158. The van der Waals surface area contributed by atoms with Crippen LogP contribution in [0.1, 0.15) is 2.85 Å². The average molecular weight is 550 g/mol. The molecular formula is H2HoMgPrScYb. The zero-order valence-corrected chi connectivity index (χ0v) is 13.0. The standard InChI is InChI=1S/Ho.Mg.Pr.Sc.Yb.2H/q;+2;;;;2*-1. The Bertz CT molecular complexity index is 17.7. The third kappa shape index (κ3) is 17.7. The molecule has 0 aromatic rings. The number of hydrogen-bond acceptors (Lipinski definition) is 0. The van der Waals surface area contributed by atoms with Crippen LogP contribution in [0.5, 0.6) is 0 Å². The Morgan fingerprint density at radius 1 is 1.20 bits per heavy atom. The maximum Gasteiger partial charge on any atom is 2.00 e. The van der Waals surface area contributed by atoms with Gasteiger partial charge in [0, 0.05) is 152 Å². The van der Waals surface area contributed by atoms with Crippen molar-refractivity contribution in [2.45, 2.75) is 0 Å². The first kappa shape index (κ1) is 30.9. The van der Waals surface area contributed by atoms with Crippen LogP contribution in [-0.4, -0.2) is 23.1 Å². The van der Waals surface area contributed by atoms with Crippen molar-refractivity contribution in [3.63, 3.8) is 0 Å². The Kier molecular flexibility index (Phi) is 139. The van der Waals surface area contributed by atoms with Gasteiger partial charge >= 0.3 is 23.1 Å². The first-order chi connectivity index (χ1) is 0. The molecular weight excluding hydrogens is 548 g/mol. The van der Waals surface area contributed by atoms with Crippen molar-refractivity contribution in [3.8, 4) is 0 Å². The van der Waals surface area contributed by atoms with Crippen molar-refractivity contribution in [2.75, 3.05) is 0 Å². The van der Waals surface area contributed by atoms with E-state index in [-0.39, 0.29) is 178 Å². The minimum Gasteiger partial charge on any atom is -1.00 e. The zero-order valence-electron chi connectivity index (χ0n) is 4.43. The molecule has 0 fully saturated rings. The molecule has 0 aliphatic carbocycles. The van der Waals surface area contributed by atoms with Gasteiger partial charge in [-0.05, 0) is 0 Å². The second kappa shape index (κ2) is 22.6. The van der Waals surface area contributed by atoms with Crippen LogP contribution in [0.4, 0.5) is 0 Å². The van der Waals surface area contributed by atoms with Crippen LogP contribution in [0.3, 0.4) is 0 Å². The van der Waals surface area contributed by atoms with Crippen LogP contribution >= 0.6 is 0 Å². The van der Waals surface area contributed by atoms with Gasteiger partial charge in [0.1, 0.15) is 0 Å². The Balaban J connectivity index is 0. The molecule has 0 aromatic heterocycles. The van der Waals surface area contributed by atoms with Gasteiger partial charge in [0.15, 0.2) is 0 Å². The summed E-state index contributed by atoms with van der Waals surface area (Å²) in [5.41, 5.74) is 0. The molecule has 0 spiro atoms. The van der Waals surface area contributed by atoms with E-state index in [1.807, 2.05) is 0 Å². The van der Waals surface area contributed by atoms with Gasteiger partial charge in [-0.3, -0.25) is 0 Å². The summed E-state index contributed by atoms with van der Waals surface area (Å²) in [5.74, 6) is 0. The molecule has 0 aliphatic heterocycles. The number of rotatable bonds is 0. The van der Waals surface area contributed by atoms with Crippen molar-refractivity contribution in [1.29, 1.82) is 0 Å². The summed E-state index contributed by atoms with van der Waals surface area (Å²) in [7, 11) is 0. The molecule has 0 amide bonds. The first-order valence-electron chi connectivity index (χ1n) is 0. The molecule has 0 atom stereocenters. The van der Waals surface area contributed by atoms with E-state index >= 15 is 0 Å². The fourth-order valence-electron chi connectivity index (χ4n) is 0. The van der Waals surface area contributed by atoms with Crippen LogP contribution in [0, 0.1) is 126 Å². The minimum atomic E-state index is 0. The van der Waals surface area contributed by atoms with Crippen molar-refractivity contribution in [3.05, 3.63) is 0 Å². The van der Waals surface area contributed by atoms with Crippen LogP contribution in [0.15, 0.2) is 0 Å². The molecule has 0 saturated heterocycles. The van der Waals surface area contributed by atoms with E-state index in [1.165, 1.54) is 0 Å². The van der Waals surface area contributed by atoms with Gasteiger partial charge in [-0.1, -0.05) is 0 Å². The Morgan fingerprint density at radius 3 is 1.20 bits per heavy atom. The molecule has 5 heavy (non-hydrogen) atoms. The fraction of sp³-hybridized carbons (Fsp3) is 0. The van der Waals surface area contributed by atoms with Crippen molar-refractivity contribution in [2.24, 2.45) is 0 Å². The van der Waals surface area contributed by atoms with Gasteiger partial charge in [0.2, 0.25) is 0 Å². The molecule has 0 rings (SSSR count). The summed E-state index contributed by atoms with van der Waals surface area (Å²) in [6.07, 6.45) is 0. The van der Waals surface area contributed by atoms with Crippen molar-refractivity contribution in [1.82, 2.24) is 0 Å². The average Bonchev–Trinajstić information content (AvgIpc) is 0. The summed E-state index contributed by atoms with van der Waals surface area (Å²) in [4.78, 5) is 0. The van der Waals surface area contributed by atoms with E-state index in [0.29, 0.717) is 0 Å². The largest absolute Gasteiger partial charge is 2.00 e. The van der Waals surface area contributed by atoms with Crippen LogP contribution in [0.2, 0.25) is 0 Å². The molecule has 0 unspecified atom stereocenters. The molecule has 0 nitrogen and oxygen atoms in total. The van der Waals surface area contributed by atoms with Crippen LogP contribution < -0.4 is 0 Å². The minimum absolute atomic E-state index is 0. The number of hydrogen-bond donors (Lipinski definition) is 0. The van der Waals surface area contributed by atoms with E-state index in [1.54, 1.807) is 0 Å². The smallest absolute Gasteiger partial charge is 1.00 e. The summed E-state index contributed by atoms with van der Waals surface area (Å²) in [6.45, 7) is 0. The Labute approximate surface area is 172 Å². The summed E-state index contributed by atoms with van der Waals surface area (Å²) in [5, 5.41) is 0. The molecule has 0 heterocycles. The van der Waals surface area contributed by atoms with Crippen LogP contribution in [0.25, 0.3) is 0 Å². The van der Waals surface area contributed by atoms with Crippen LogP contribution in [-0.2, 0) is 25.8 Å². The van der Waals surface area contributed by atoms with Crippen molar-refractivity contribution < 1.29 is 155 Å². The van der Waals surface area contributed by atoms with E-state index < -0.39 is 0 Å². The third-order valence-electron chi connectivity index (χ3n) is 0. The molecule has 0 bridgehead atoms.